The summed E-state index contributed by atoms with van der Waals surface area (Å²) < 4.78 is 0. The Morgan fingerprint density at radius 2 is 2.00 bits per heavy atom. The third kappa shape index (κ3) is 3.15. The average molecular weight is 191 g/mol. The SMILES string of the molecule is CCCc1cccc(C(N)CCC)c1. The molecule has 1 aromatic carbocycles. The van der Waals surface area contributed by atoms with Crippen molar-refractivity contribution in [1.82, 2.24) is 0 Å². The number of hydrogen-bond acceptors (Lipinski definition) is 1. The minimum Gasteiger partial charge on any atom is -0.324 e. The fourth-order valence-corrected chi connectivity index (χ4v) is 1.75. The highest BCUT2D eigenvalue weighted by molar-refractivity contribution is 5.25. The number of nitrogens with two attached hydrogens (primary N) is 1. The van der Waals surface area contributed by atoms with Crippen molar-refractivity contribution in [3.8, 4) is 0 Å². The Hall–Kier alpha value is -0.820. The molecule has 1 rings (SSSR count). The normalized spacial score (nSPS) is 12.8. The molecule has 0 fully saturated rings. The van der Waals surface area contributed by atoms with Gasteiger partial charge in [-0.2, -0.15) is 0 Å². The van der Waals surface area contributed by atoms with Crippen LogP contribution in [0.1, 0.15) is 50.3 Å². The molecule has 0 saturated heterocycles. The molecule has 1 nitrogen and oxygen atoms in total. The van der Waals surface area contributed by atoms with Gasteiger partial charge in [0.2, 0.25) is 0 Å². The van der Waals surface area contributed by atoms with E-state index in [1.165, 1.54) is 17.5 Å². The predicted molar refractivity (Wildman–Crippen MR) is 62.3 cm³/mol. The van der Waals surface area contributed by atoms with E-state index in [9.17, 15) is 0 Å². The highest BCUT2D eigenvalue weighted by atomic mass is 14.6. The maximum Gasteiger partial charge on any atom is 0.0294 e. The third-order valence-corrected chi connectivity index (χ3v) is 2.52. The van der Waals surface area contributed by atoms with Crippen LogP contribution >= 0.6 is 0 Å². The van der Waals surface area contributed by atoms with Crippen molar-refractivity contribution in [2.24, 2.45) is 5.73 Å². The molecule has 0 aliphatic rings. The molecular formula is C13H21N. The molecule has 1 unspecified atom stereocenters. The first-order valence-electron chi connectivity index (χ1n) is 5.62. The number of hydrogen-bond donors (Lipinski definition) is 1. The third-order valence-electron chi connectivity index (χ3n) is 2.52. The molecule has 0 spiro atoms. The van der Waals surface area contributed by atoms with E-state index >= 15 is 0 Å². The Balaban J connectivity index is 2.71. The minimum atomic E-state index is 0.219. The molecule has 0 radical (unpaired) electrons. The molecule has 1 aromatic rings. The van der Waals surface area contributed by atoms with E-state index in [-0.39, 0.29) is 6.04 Å². The van der Waals surface area contributed by atoms with Crippen molar-refractivity contribution >= 4 is 0 Å². The molecule has 0 heterocycles. The molecule has 14 heavy (non-hydrogen) atoms. The van der Waals surface area contributed by atoms with Gasteiger partial charge < -0.3 is 5.73 Å². The van der Waals surface area contributed by atoms with Gasteiger partial charge in [0.1, 0.15) is 0 Å². The van der Waals surface area contributed by atoms with Gasteiger partial charge in [0.05, 0.1) is 0 Å². The lowest BCUT2D eigenvalue weighted by Gasteiger charge is -2.11. The first kappa shape index (κ1) is 11.3. The van der Waals surface area contributed by atoms with E-state index in [1.807, 2.05) is 0 Å². The smallest absolute Gasteiger partial charge is 0.0294 e. The maximum absolute atomic E-state index is 6.07. The summed E-state index contributed by atoms with van der Waals surface area (Å²) in [5.41, 5.74) is 8.77. The summed E-state index contributed by atoms with van der Waals surface area (Å²) in [7, 11) is 0. The summed E-state index contributed by atoms with van der Waals surface area (Å²) in [6.07, 6.45) is 4.59. The van der Waals surface area contributed by atoms with Gasteiger partial charge in [-0.3, -0.25) is 0 Å². The van der Waals surface area contributed by atoms with E-state index in [2.05, 4.69) is 38.1 Å². The largest absolute Gasteiger partial charge is 0.324 e. The van der Waals surface area contributed by atoms with Gasteiger partial charge in [-0.1, -0.05) is 51.0 Å². The second kappa shape index (κ2) is 5.82. The molecule has 1 heteroatoms. The highest BCUT2D eigenvalue weighted by Crippen LogP contribution is 2.17. The Bertz CT molecular complexity index is 268. The minimum absolute atomic E-state index is 0.219. The summed E-state index contributed by atoms with van der Waals surface area (Å²) in [6.45, 7) is 4.38. The van der Waals surface area contributed by atoms with Crippen molar-refractivity contribution in [2.75, 3.05) is 0 Å². The van der Waals surface area contributed by atoms with Crippen LogP contribution in [-0.2, 0) is 6.42 Å². The Morgan fingerprint density at radius 1 is 1.21 bits per heavy atom. The Morgan fingerprint density at radius 3 is 2.64 bits per heavy atom. The van der Waals surface area contributed by atoms with Gasteiger partial charge in [-0.15, -0.1) is 0 Å². The second-order valence-corrected chi connectivity index (χ2v) is 3.89. The van der Waals surface area contributed by atoms with Gasteiger partial charge in [0, 0.05) is 6.04 Å². The van der Waals surface area contributed by atoms with Gasteiger partial charge in [-0.25, -0.2) is 0 Å². The van der Waals surface area contributed by atoms with Crippen LogP contribution in [-0.4, -0.2) is 0 Å². The van der Waals surface area contributed by atoms with Crippen LogP contribution in [0.4, 0.5) is 0 Å². The molecule has 1 atom stereocenters. The topological polar surface area (TPSA) is 26.0 Å². The zero-order valence-electron chi connectivity index (χ0n) is 9.29. The van der Waals surface area contributed by atoms with E-state index < -0.39 is 0 Å². The van der Waals surface area contributed by atoms with Crippen molar-refractivity contribution < 1.29 is 0 Å². The van der Waals surface area contributed by atoms with E-state index in [0.29, 0.717) is 0 Å². The lowest BCUT2D eigenvalue weighted by atomic mass is 9.99. The van der Waals surface area contributed by atoms with Crippen LogP contribution in [0.5, 0.6) is 0 Å². The zero-order valence-corrected chi connectivity index (χ0v) is 9.29. The van der Waals surface area contributed by atoms with Gasteiger partial charge in [-0.05, 0) is 24.0 Å². The fourth-order valence-electron chi connectivity index (χ4n) is 1.75. The van der Waals surface area contributed by atoms with Crippen LogP contribution in [0.25, 0.3) is 0 Å². The van der Waals surface area contributed by atoms with Crippen LogP contribution in [0, 0.1) is 0 Å². The van der Waals surface area contributed by atoms with Gasteiger partial charge in [0.15, 0.2) is 0 Å². The van der Waals surface area contributed by atoms with E-state index in [0.717, 1.165) is 19.3 Å². The van der Waals surface area contributed by atoms with Crippen molar-refractivity contribution in [3.05, 3.63) is 35.4 Å². The summed E-state index contributed by atoms with van der Waals surface area (Å²) >= 11 is 0. The number of benzene rings is 1. The lowest BCUT2D eigenvalue weighted by molar-refractivity contribution is 0.637. The quantitative estimate of drug-likeness (QED) is 0.758. The summed E-state index contributed by atoms with van der Waals surface area (Å²) in [4.78, 5) is 0. The number of aryl methyl sites for hydroxylation is 1. The van der Waals surface area contributed by atoms with Gasteiger partial charge in [0.25, 0.3) is 0 Å². The second-order valence-electron chi connectivity index (χ2n) is 3.89. The molecule has 0 saturated carbocycles. The van der Waals surface area contributed by atoms with Crippen molar-refractivity contribution in [3.63, 3.8) is 0 Å². The predicted octanol–water partition coefficient (Wildman–Crippen LogP) is 3.44. The molecule has 0 aliphatic heterocycles. The Labute approximate surface area is 87.3 Å². The lowest BCUT2D eigenvalue weighted by Crippen LogP contribution is -2.09. The van der Waals surface area contributed by atoms with Crippen molar-refractivity contribution in [1.29, 1.82) is 0 Å². The highest BCUT2D eigenvalue weighted by Gasteiger charge is 2.04. The maximum atomic E-state index is 6.07. The van der Waals surface area contributed by atoms with Crippen LogP contribution in [0.15, 0.2) is 24.3 Å². The summed E-state index contributed by atoms with van der Waals surface area (Å²) in [5.74, 6) is 0. The Kier molecular flexibility index (Phi) is 4.68. The molecule has 78 valence electrons. The molecule has 2 N–H and O–H groups in total. The number of rotatable bonds is 5. The molecule has 0 aliphatic carbocycles. The van der Waals surface area contributed by atoms with Crippen LogP contribution in [0.2, 0.25) is 0 Å². The fraction of sp³-hybridized carbons (Fsp3) is 0.538. The first-order chi connectivity index (χ1) is 6.77. The zero-order chi connectivity index (χ0) is 10.4. The monoisotopic (exact) mass is 191 g/mol. The molecule has 0 amide bonds. The van der Waals surface area contributed by atoms with Crippen molar-refractivity contribution in [2.45, 2.75) is 45.6 Å². The molecular weight excluding hydrogens is 170 g/mol. The first-order valence-corrected chi connectivity index (χ1v) is 5.62. The van der Waals surface area contributed by atoms with Crippen LogP contribution in [0.3, 0.4) is 0 Å². The summed E-state index contributed by atoms with van der Waals surface area (Å²) in [6, 6.07) is 8.92. The average Bonchev–Trinajstić information content (AvgIpc) is 2.19. The van der Waals surface area contributed by atoms with E-state index in [1.54, 1.807) is 0 Å². The van der Waals surface area contributed by atoms with E-state index in [4.69, 9.17) is 5.73 Å². The standard InChI is InChI=1S/C13H21N/c1-3-6-11-8-5-9-12(10-11)13(14)7-4-2/h5,8-10,13H,3-4,6-7,14H2,1-2H3. The molecule has 0 aromatic heterocycles. The summed E-state index contributed by atoms with van der Waals surface area (Å²) in [5, 5.41) is 0. The van der Waals surface area contributed by atoms with Crippen LogP contribution < -0.4 is 5.73 Å². The molecule has 0 bridgehead atoms. The van der Waals surface area contributed by atoms with Gasteiger partial charge >= 0.3 is 0 Å².